The molecule has 6 heteroatoms. The molecule has 0 bridgehead atoms. The SMILES string of the molecule is CC1CCC(N)(c2noc(-c3ccon3)n2)CC1. The maximum atomic E-state index is 6.38. The van der Waals surface area contributed by atoms with Gasteiger partial charge in [-0.15, -0.1) is 0 Å². The summed E-state index contributed by atoms with van der Waals surface area (Å²) in [5, 5.41) is 7.77. The lowest BCUT2D eigenvalue weighted by atomic mass is 9.77. The first-order chi connectivity index (χ1) is 8.67. The Balaban J connectivity index is 1.85. The maximum absolute atomic E-state index is 6.38. The van der Waals surface area contributed by atoms with Crippen LogP contribution in [0.2, 0.25) is 0 Å². The summed E-state index contributed by atoms with van der Waals surface area (Å²) < 4.78 is 9.94. The fraction of sp³-hybridized carbons (Fsp3) is 0.583. The van der Waals surface area contributed by atoms with Crippen LogP contribution in [-0.4, -0.2) is 15.3 Å². The van der Waals surface area contributed by atoms with E-state index in [1.54, 1.807) is 6.07 Å². The molecule has 0 unspecified atom stereocenters. The molecule has 2 aromatic rings. The maximum Gasteiger partial charge on any atom is 0.280 e. The summed E-state index contributed by atoms with van der Waals surface area (Å²) in [6.45, 7) is 2.25. The Morgan fingerprint density at radius 1 is 1.33 bits per heavy atom. The van der Waals surface area contributed by atoms with Gasteiger partial charge in [0.15, 0.2) is 11.5 Å². The summed E-state index contributed by atoms with van der Waals surface area (Å²) in [6, 6.07) is 1.68. The monoisotopic (exact) mass is 248 g/mol. The van der Waals surface area contributed by atoms with Gasteiger partial charge < -0.3 is 14.8 Å². The summed E-state index contributed by atoms with van der Waals surface area (Å²) in [5.74, 6) is 1.66. The standard InChI is InChI=1S/C12H16N4O2/c1-8-2-5-12(13,6-3-8)11-14-10(18-16-11)9-4-7-17-15-9/h4,7-8H,2-3,5-6,13H2,1H3. The number of nitrogens with two attached hydrogens (primary N) is 1. The van der Waals surface area contributed by atoms with E-state index in [4.69, 9.17) is 14.8 Å². The predicted molar refractivity (Wildman–Crippen MR) is 63.3 cm³/mol. The van der Waals surface area contributed by atoms with Crippen LogP contribution >= 0.6 is 0 Å². The van der Waals surface area contributed by atoms with Crippen LogP contribution in [0, 0.1) is 5.92 Å². The smallest absolute Gasteiger partial charge is 0.280 e. The molecular weight excluding hydrogens is 232 g/mol. The van der Waals surface area contributed by atoms with Crippen LogP contribution in [0.15, 0.2) is 21.4 Å². The van der Waals surface area contributed by atoms with E-state index in [0.29, 0.717) is 17.4 Å². The van der Waals surface area contributed by atoms with Crippen molar-refractivity contribution >= 4 is 0 Å². The lowest BCUT2D eigenvalue weighted by molar-refractivity contribution is 0.230. The molecule has 2 heterocycles. The zero-order chi connectivity index (χ0) is 12.6. The van der Waals surface area contributed by atoms with E-state index >= 15 is 0 Å². The van der Waals surface area contributed by atoms with Gasteiger partial charge in [-0.25, -0.2) is 0 Å². The lowest BCUT2D eigenvalue weighted by Crippen LogP contribution is -2.41. The van der Waals surface area contributed by atoms with Gasteiger partial charge in [-0.2, -0.15) is 4.98 Å². The van der Waals surface area contributed by atoms with Gasteiger partial charge in [0.2, 0.25) is 0 Å². The Bertz CT molecular complexity index is 512. The Kier molecular flexibility index (Phi) is 2.66. The minimum Gasteiger partial charge on any atom is -0.364 e. The molecule has 1 aliphatic carbocycles. The molecule has 0 aromatic carbocycles. The molecule has 18 heavy (non-hydrogen) atoms. The zero-order valence-electron chi connectivity index (χ0n) is 10.3. The third-order valence-corrected chi connectivity index (χ3v) is 3.69. The first-order valence-electron chi connectivity index (χ1n) is 6.21. The molecule has 2 N–H and O–H groups in total. The van der Waals surface area contributed by atoms with Crippen molar-refractivity contribution in [1.29, 1.82) is 0 Å². The van der Waals surface area contributed by atoms with E-state index in [9.17, 15) is 0 Å². The average molecular weight is 248 g/mol. The molecule has 0 saturated heterocycles. The van der Waals surface area contributed by atoms with Crippen molar-refractivity contribution in [3.8, 4) is 11.6 Å². The number of hydrogen-bond donors (Lipinski definition) is 1. The van der Waals surface area contributed by atoms with Gasteiger partial charge >= 0.3 is 0 Å². The lowest BCUT2D eigenvalue weighted by Gasteiger charge is -2.33. The van der Waals surface area contributed by atoms with Gasteiger partial charge in [0, 0.05) is 6.07 Å². The summed E-state index contributed by atoms with van der Waals surface area (Å²) in [4.78, 5) is 4.35. The average Bonchev–Trinajstić information content (AvgIpc) is 3.01. The number of hydrogen-bond acceptors (Lipinski definition) is 6. The van der Waals surface area contributed by atoms with Gasteiger partial charge in [0.25, 0.3) is 5.89 Å². The highest BCUT2D eigenvalue weighted by Crippen LogP contribution is 2.36. The largest absolute Gasteiger partial charge is 0.364 e. The first-order valence-corrected chi connectivity index (χ1v) is 6.21. The minimum atomic E-state index is -0.460. The summed E-state index contributed by atoms with van der Waals surface area (Å²) in [5.41, 5.74) is 6.46. The van der Waals surface area contributed by atoms with E-state index in [-0.39, 0.29) is 0 Å². The molecule has 0 aliphatic heterocycles. The van der Waals surface area contributed by atoms with E-state index in [1.165, 1.54) is 6.26 Å². The van der Waals surface area contributed by atoms with Gasteiger partial charge in [-0.05, 0) is 31.6 Å². The second kappa shape index (κ2) is 4.20. The first kappa shape index (κ1) is 11.4. The third-order valence-electron chi connectivity index (χ3n) is 3.69. The highest BCUT2D eigenvalue weighted by Gasteiger charge is 2.36. The Morgan fingerprint density at radius 2 is 2.11 bits per heavy atom. The van der Waals surface area contributed by atoms with Crippen LogP contribution in [0.3, 0.4) is 0 Å². The van der Waals surface area contributed by atoms with Crippen molar-refractivity contribution in [2.24, 2.45) is 11.7 Å². The zero-order valence-corrected chi connectivity index (χ0v) is 10.3. The molecule has 96 valence electrons. The minimum absolute atomic E-state index is 0.363. The molecule has 1 saturated carbocycles. The third kappa shape index (κ3) is 1.92. The highest BCUT2D eigenvalue weighted by molar-refractivity contribution is 5.44. The van der Waals surface area contributed by atoms with Crippen molar-refractivity contribution in [1.82, 2.24) is 15.3 Å². The van der Waals surface area contributed by atoms with Crippen molar-refractivity contribution in [2.75, 3.05) is 0 Å². The Morgan fingerprint density at radius 3 is 2.78 bits per heavy atom. The van der Waals surface area contributed by atoms with Crippen LogP contribution < -0.4 is 5.73 Å². The van der Waals surface area contributed by atoms with E-state index in [0.717, 1.165) is 31.6 Å². The molecule has 0 spiro atoms. The molecule has 3 rings (SSSR count). The summed E-state index contributed by atoms with van der Waals surface area (Å²) >= 11 is 0. The molecule has 2 aromatic heterocycles. The molecule has 6 nitrogen and oxygen atoms in total. The summed E-state index contributed by atoms with van der Waals surface area (Å²) in [7, 11) is 0. The number of rotatable bonds is 2. The molecule has 0 atom stereocenters. The fourth-order valence-electron chi connectivity index (χ4n) is 2.35. The second-order valence-electron chi connectivity index (χ2n) is 5.15. The number of nitrogens with zero attached hydrogens (tertiary/aromatic N) is 3. The Hall–Kier alpha value is -1.69. The van der Waals surface area contributed by atoms with Gasteiger partial charge in [-0.3, -0.25) is 0 Å². The van der Waals surface area contributed by atoms with Crippen LogP contribution in [0.1, 0.15) is 38.4 Å². The molecular formula is C12H16N4O2. The second-order valence-corrected chi connectivity index (χ2v) is 5.15. The van der Waals surface area contributed by atoms with Crippen LogP contribution in [0.5, 0.6) is 0 Å². The molecule has 0 radical (unpaired) electrons. The van der Waals surface area contributed by atoms with Crippen molar-refractivity contribution in [3.05, 3.63) is 18.2 Å². The molecule has 1 fully saturated rings. The van der Waals surface area contributed by atoms with Crippen molar-refractivity contribution in [2.45, 2.75) is 38.1 Å². The van der Waals surface area contributed by atoms with Crippen LogP contribution in [-0.2, 0) is 5.54 Å². The quantitative estimate of drug-likeness (QED) is 0.875. The van der Waals surface area contributed by atoms with Crippen molar-refractivity contribution < 1.29 is 9.05 Å². The Labute approximate surface area is 105 Å². The fourth-order valence-corrected chi connectivity index (χ4v) is 2.35. The van der Waals surface area contributed by atoms with E-state index < -0.39 is 5.54 Å². The molecule has 0 amide bonds. The van der Waals surface area contributed by atoms with Crippen molar-refractivity contribution in [3.63, 3.8) is 0 Å². The normalized spacial score (nSPS) is 28.4. The predicted octanol–water partition coefficient (Wildman–Crippen LogP) is 2.09. The van der Waals surface area contributed by atoms with Gasteiger partial charge in [-0.1, -0.05) is 17.2 Å². The number of aromatic nitrogens is 3. The highest BCUT2D eigenvalue weighted by atomic mass is 16.5. The van der Waals surface area contributed by atoms with Gasteiger partial charge in [0.05, 0.1) is 5.54 Å². The van der Waals surface area contributed by atoms with Crippen LogP contribution in [0.25, 0.3) is 11.6 Å². The van der Waals surface area contributed by atoms with Gasteiger partial charge in [0.1, 0.15) is 6.26 Å². The van der Waals surface area contributed by atoms with E-state index in [1.807, 2.05) is 0 Å². The summed E-state index contributed by atoms with van der Waals surface area (Å²) in [6.07, 6.45) is 5.46. The topological polar surface area (TPSA) is 91.0 Å². The van der Waals surface area contributed by atoms with E-state index in [2.05, 4.69) is 22.2 Å². The molecule has 1 aliphatic rings. The van der Waals surface area contributed by atoms with Crippen LogP contribution in [0.4, 0.5) is 0 Å².